The molecule has 1 aromatic carbocycles. The van der Waals surface area contributed by atoms with Gasteiger partial charge in [0.15, 0.2) is 0 Å². The minimum atomic E-state index is -0.297. The highest BCUT2D eigenvalue weighted by molar-refractivity contribution is 6.30. The van der Waals surface area contributed by atoms with Crippen molar-refractivity contribution in [2.24, 2.45) is 0 Å². The fraction of sp³-hybridized carbons (Fsp3) is 0.350. The number of morpholine rings is 1. The molecule has 3 rings (SSSR count). The minimum Gasteiger partial charge on any atom is -0.372 e. The molecule has 1 aliphatic heterocycles. The second-order valence-electron chi connectivity index (χ2n) is 6.71. The number of ether oxygens (including phenoxy) is 1. The molecule has 1 N–H and O–H groups in total. The Labute approximate surface area is 163 Å². The van der Waals surface area contributed by atoms with E-state index in [1.54, 1.807) is 18.2 Å². The molecule has 7 heteroatoms. The van der Waals surface area contributed by atoms with Gasteiger partial charge in [0.1, 0.15) is 5.69 Å². The van der Waals surface area contributed by atoms with E-state index in [-0.39, 0.29) is 29.7 Å². The maximum Gasteiger partial charge on any atom is 0.270 e. The maximum absolute atomic E-state index is 12.7. The van der Waals surface area contributed by atoms with Crippen LogP contribution in [0.25, 0.3) is 0 Å². The molecule has 0 radical (unpaired) electrons. The number of amides is 2. The van der Waals surface area contributed by atoms with E-state index in [9.17, 15) is 9.59 Å². The standard InChI is InChI=1S/C20H22ClN3O3/c1-13-11-24(12-14(2)27-13)20(26)16-5-3-15(4-6-16)10-23-19(25)18-9-17(21)7-8-22-18/h3-9,13-14H,10-12H2,1-2H3,(H,23,25)/t13-,14-/m0/s1. The van der Waals surface area contributed by atoms with Crippen molar-refractivity contribution in [2.45, 2.75) is 32.6 Å². The highest BCUT2D eigenvalue weighted by atomic mass is 35.5. The smallest absolute Gasteiger partial charge is 0.270 e. The Morgan fingerprint density at radius 3 is 2.48 bits per heavy atom. The SMILES string of the molecule is C[C@H]1CN(C(=O)c2ccc(CNC(=O)c3cc(Cl)ccn3)cc2)C[C@H](C)O1. The predicted molar refractivity (Wildman–Crippen MR) is 103 cm³/mol. The lowest BCUT2D eigenvalue weighted by atomic mass is 10.1. The number of carbonyl (C=O) groups excluding carboxylic acids is 2. The largest absolute Gasteiger partial charge is 0.372 e. The van der Waals surface area contributed by atoms with Crippen molar-refractivity contribution in [3.8, 4) is 0 Å². The minimum absolute atomic E-state index is 0.00397. The third-order valence-electron chi connectivity index (χ3n) is 4.32. The molecule has 2 heterocycles. The molecule has 1 aliphatic rings. The Balaban J connectivity index is 1.58. The zero-order valence-corrected chi connectivity index (χ0v) is 16.1. The van der Waals surface area contributed by atoms with E-state index in [4.69, 9.17) is 16.3 Å². The van der Waals surface area contributed by atoms with Crippen LogP contribution in [0.15, 0.2) is 42.6 Å². The van der Waals surface area contributed by atoms with Crippen LogP contribution >= 0.6 is 11.6 Å². The number of nitrogens with one attached hydrogen (secondary N) is 1. The molecule has 0 bridgehead atoms. The average molecular weight is 388 g/mol. The Bertz CT molecular complexity index is 815. The van der Waals surface area contributed by atoms with E-state index in [0.717, 1.165) is 5.56 Å². The summed E-state index contributed by atoms with van der Waals surface area (Å²) >= 11 is 5.87. The molecule has 0 aliphatic carbocycles. The van der Waals surface area contributed by atoms with Crippen molar-refractivity contribution in [2.75, 3.05) is 13.1 Å². The van der Waals surface area contributed by atoms with Gasteiger partial charge < -0.3 is 15.0 Å². The topological polar surface area (TPSA) is 71.5 Å². The molecule has 2 atom stereocenters. The second-order valence-corrected chi connectivity index (χ2v) is 7.14. The van der Waals surface area contributed by atoms with Crippen molar-refractivity contribution < 1.29 is 14.3 Å². The molecule has 0 spiro atoms. The zero-order chi connectivity index (χ0) is 19.4. The average Bonchev–Trinajstić information content (AvgIpc) is 2.65. The fourth-order valence-corrected chi connectivity index (χ4v) is 3.25. The van der Waals surface area contributed by atoms with Crippen LogP contribution in [0.3, 0.4) is 0 Å². The molecular weight excluding hydrogens is 366 g/mol. The van der Waals surface area contributed by atoms with Gasteiger partial charge in [-0.3, -0.25) is 14.6 Å². The molecule has 2 amide bonds. The number of carbonyl (C=O) groups is 2. The number of benzene rings is 1. The monoisotopic (exact) mass is 387 g/mol. The van der Waals surface area contributed by atoms with Gasteiger partial charge in [0.05, 0.1) is 12.2 Å². The Kier molecular flexibility index (Phi) is 6.08. The second kappa shape index (κ2) is 8.50. The molecule has 1 aromatic heterocycles. The summed E-state index contributed by atoms with van der Waals surface area (Å²) in [5.41, 5.74) is 1.79. The van der Waals surface area contributed by atoms with Gasteiger partial charge in [0, 0.05) is 36.4 Å². The number of pyridine rings is 1. The quantitative estimate of drug-likeness (QED) is 0.875. The summed E-state index contributed by atoms with van der Waals surface area (Å²) < 4.78 is 5.67. The molecule has 0 unspecified atom stereocenters. The zero-order valence-electron chi connectivity index (χ0n) is 15.3. The van der Waals surface area contributed by atoms with E-state index in [1.165, 1.54) is 12.3 Å². The Hall–Kier alpha value is -2.44. The van der Waals surface area contributed by atoms with Crippen LogP contribution in [-0.4, -0.2) is 47.0 Å². The van der Waals surface area contributed by atoms with Crippen LogP contribution in [0.4, 0.5) is 0 Å². The lowest BCUT2D eigenvalue weighted by molar-refractivity contribution is -0.0586. The fourth-order valence-electron chi connectivity index (χ4n) is 3.09. The van der Waals surface area contributed by atoms with Gasteiger partial charge in [-0.25, -0.2) is 0 Å². The summed E-state index contributed by atoms with van der Waals surface area (Å²) in [6.07, 6.45) is 1.56. The van der Waals surface area contributed by atoms with Crippen LogP contribution in [-0.2, 0) is 11.3 Å². The molecule has 27 heavy (non-hydrogen) atoms. The van der Waals surface area contributed by atoms with Crippen molar-refractivity contribution in [3.63, 3.8) is 0 Å². The summed E-state index contributed by atoms with van der Waals surface area (Å²) in [6.45, 7) is 5.46. The highest BCUT2D eigenvalue weighted by Gasteiger charge is 2.26. The van der Waals surface area contributed by atoms with Gasteiger partial charge in [0.2, 0.25) is 0 Å². The molecule has 0 saturated carbocycles. The van der Waals surface area contributed by atoms with Crippen molar-refractivity contribution in [3.05, 3.63) is 64.4 Å². The lowest BCUT2D eigenvalue weighted by Gasteiger charge is -2.35. The summed E-state index contributed by atoms with van der Waals surface area (Å²) in [5.74, 6) is -0.301. The van der Waals surface area contributed by atoms with Crippen LogP contribution in [0, 0.1) is 0 Å². The first-order chi connectivity index (χ1) is 12.9. The van der Waals surface area contributed by atoms with Gasteiger partial charge in [-0.15, -0.1) is 0 Å². The molecular formula is C20H22ClN3O3. The number of halogens is 1. The summed E-state index contributed by atoms with van der Waals surface area (Å²) in [6, 6.07) is 10.4. The number of aromatic nitrogens is 1. The molecule has 1 fully saturated rings. The molecule has 1 saturated heterocycles. The van der Waals surface area contributed by atoms with Gasteiger partial charge in [0.25, 0.3) is 11.8 Å². The number of rotatable bonds is 4. The van der Waals surface area contributed by atoms with Gasteiger partial charge >= 0.3 is 0 Å². The first-order valence-corrected chi connectivity index (χ1v) is 9.23. The van der Waals surface area contributed by atoms with Crippen LogP contribution in [0.5, 0.6) is 0 Å². The first-order valence-electron chi connectivity index (χ1n) is 8.86. The Morgan fingerprint density at radius 1 is 1.19 bits per heavy atom. The van der Waals surface area contributed by atoms with Crippen molar-refractivity contribution >= 4 is 23.4 Å². The normalized spacial score (nSPS) is 19.6. The molecule has 6 nitrogen and oxygen atoms in total. The van der Waals surface area contributed by atoms with E-state index in [2.05, 4.69) is 10.3 Å². The van der Waals surface area contributed by atoms with Crippen LogP contribution < -0.4 is 5.32 Å². The van der Waals surface area contributed by atoms with E-state index in [1.807, 2.05) is 30.9 Å². The first kappa shape index (κ1) is 19.3. The van der Waals surface area contributed by atoms with Gasteiger partial charge in [-0.1, -0.05) is 23.7 Å². The van der Waals surface area contributed by atoms with Gasteiger partial charge in [-0.2, -0.15) is 0 Å². The summed E-state index contributed by atoms with van der Waals surface area (Å²) in [4.78, 5) is 30.6. The highest BCUT2D eigenvalue weighted by Crippen LogP contribution is 2.15. The van der Waals surface area contributed by atoms with Crippen LogP contribution in [0.2, 0.25) is 5.02 Å². The third-order valence-corrected chi connectivity index (χ3v) is 4.55. The predicted octanol–water partition coefficient (Wildman–Crippen LogP) is 2.91. The molecule has 2 aromatic rings. The van der Waals surface area contributed by atoms with E-state index in [0.29, 0.717) is 30.2 Å². The van der Waals surface area contributed by atoms with Crippen molar-refractivity contribution in [1.29, 1.82) is 0 Å². The lowest BCUT2D eigenvalue weighted by Crippen LogP contribution is -2.48. The molecule has 142 valence electrons. The van der Waals surface area contributed by atoms with Gasteiger partial charge in [-0.05, 0) is 43.7 Å². The van der Waals surface area contributed by atoms with E-state index < -0.39 is 0 Å². The number of nitrogens with zero attached hydrogens (tertiary/aromatic N) is 2. The third kappa shape index (κ3) is 5.05. The van der Waals surface area contributed by atoms with E-state index >= 15 is 0 Å². The number of hydrogen-bond donors (Lipinski definition) is 1. The van der Waals surface area contributed by atoms with Crippen LogP contribution in [0.1, 0.15) is 40.3 Å². The van der Waals surface area contributed by atoms with Crippen molar-refractivity contribution in [1.82, 2.24) is 15.2 Å². The maximum atomic E-state index is 12.7. The summed E-state index contributed by atoms with van der Waals surface area (Å²) in [7, 11) is 0. The number of hydrogen-bond acceptors (Lipinski definition) is 4. The Morgan fingerprint density at radius 2 is 1.85 bits per heavy atom. The summed E-state index contributed by atoms with van der Waals surface area (Å²) in [5, 5.41) is 3.26.